The summed E-state index contributed by atoms with van der Waals surface area (Å²) in [5.74, 6) is -1.95. The van der Waals surface area contributed by atoms with Crippen molar-refractivity contribution in [2.45, 2.75) is 19.1 Å². The van der Waals surface area contributed by atoms with Crippen LogP contribution in [-0.4, -0.2) is 12.5 Å². The van der Waals surface area contributed by atoms with Crippen molar-refractivity contribution in [3.05, 3.63) is 65.2 Å². The van der Waals surface area contributed by atoms with E-state index >= 15 is 0 Å². The molecular formula is C17H16F5N2O+. The molecule has 0 radical (unpaired) electrons. The van der Waals surface area contributed by atoms with Crippen LogP contribution in [0.4, 0.5) is 27.6 Å². The first kappa shape index (κ1) is 18.9. The normalized spacial score (nSPS) is 12.7. The summed E-state index contributed by atoms with van der Waals surface area (Å²) >= 11 is 0. The van der Waals surface area contributed by atoms with Crippen LogP contribution in [0.5, 0.6) is 0 Å². The summed E-state index contributed by atoms with van der Waals surface area (Å²) in [4.78, 5) is 11.9. The van der Waals surface area contributed by atoms with Gasteiger partial charge in [-0.1, -0.05) is 6.07 Å². The Labute approximate surface area is 140 Å². The molecule has 0 spiro atoms. The topological polar surface area (TPSA) is 45.7 Å². The number of benzene rings is 2. The van der Waals surface area contributed by atoms with Crippen LogP contribution in [0.15, 0.2) is 42.5 Å². The van der Waals surface area contributed by atoms with Crippen molar-refractivity contribution in [1.29, 1.82) is 0 Å². The third kappa shape index (κ3) is 5.25. The Kier molecular flexibility index (Phi) is 5.73. The van der Waals surface area contributed by atoms with E-state index in [1.54, 1.807) is 6.92 Å². The summed E-state index contributed by atoms with van der Waals surface area (Å²) in [6.07, 6.45) is -4.50. The lowest BCUT2D eigenvalue weighted by Crippen LogP contribution is -2.86. The number of rotatable bonds is 5. The van der Waals surface area contributed by atoms with Gasteiger partial charge in [0, 0.05) is 17.3 Å². The quantitative estimate of drug-likeness (QED) is 0.791. The van der Waals surface area contributed by atoms with Gasteiger partial charge in [0.05, 0.1) is 5.56 Å². The lowest BCUT2D eigenvalue weighted by Gasteiger charge is -2.13. The van der Waals surface area contributed by atoms with Crippen molar-refractivity contribution in [2.75, 3.05) is 11.9 Å². The first-order valence-electron chi connectivity index (χ1n) is 7.42. The average molecular weight is 359 g/mol. The number of carbonyl (C=O) groups excluding carboxylic acids is 1. The van der Waals surface area contributed by atoms with E-state index in [2.05, 4.69) is 5.32 Å². The van der Waals surface area contributed by atoms with Gasteiger partial charge in [0.2, 0.25) is 0 Å². The van der Waals surface area contributed by atoms with E-state index in [0.717, 1.165) is 24.3 Å². The van der Waals surface area contributed by atoms with E-state index in [9.17, 15) is 26.7 Å². The predicted octanol–water partition coefficient (Wildman–Crippen LogP) is 3.25. The Bertz CT molecular complexity index is 761. The number of anilines is 1. The Hall–Kier alpha value is -2.48. The van der Waals surface area contributed by atoms with Crippen LogP contribution < -0.4 is 10.6 Å². The SMILES string of the molecule is C[C@H]([NH2+]CC(=O)Nc1cccc(C(F)(F)F)c1)c1ccc(F)cc1F. The molecule has 2 aromatic carbocycles. The first-order chi connectivity index (χ1) is 11.7. The summed E-state index contributed by atoms with van der Waals surface area (Å²) in [6, 6.07) is 6.97. The van der Waals surface area contributed by atoms with Gasteiger partial charge in [-0.3, -0.25) is 4.79 Å². The number of alkyl halides is 3. The predicted molar refractivity (Wildman–Crippen MR) is 81.6 cm³/mol. The number of carbonyl (C=O) groups is 1. The van der Waals surface area contributed by atoms with Gasteiger partial charge in [-0.15, -0.1) is 0 Å². The summed E-state index contributed by atoms with van der Waals surface area (Å²) in [7, 11) is 0. The van der Waals surface area contributed by atoms with Crippen LogP contribution in [-0.2, 0) is 11.0 Å². The monoisotopic (exact) mass is 359 g/mol. The van der Waals surface area contributed by atoms with E-state index in [1.807, 2.05) is 0 Å². The molecule has 0 aliphatic heterocycles. The zero-order valence-electron chi connectivity index (χ0n) is 13.2. The lowest BCUT2D eigenvalue weighted by atomic mass is 10.1. The number of amides is 1. The third-order valence-electron chi connectivity index (χ3n) is 3.58. The van der Waals surface area contributed by atoms with Gasteiger partial charge in [0.15, 0.2) is 6.54 Å². The summed E-state index contributed by atoms with van der Waals surface area (Å²) in [5, 5.41) is 3.86. The van der Waals surface area contributed by atoms with Gasteiger partial charge in [0.1, 0.15) is 17.7 Å². The number of hydrogen-bond donors (Lipinski definition) is 2. The van der Waals surface area contributed by atoms with Gasteiger partial charge < -0.3 is 10.6 Å². The van der Waals surface area contributed by atoms with Crippen molar-refractivity contribution < 1.29 is 32.1 Å². The molecule has 2 rings (SSSR count). The molecule has 8 heteroatoms. The molecule has 0 heterocycles. The molecule has 0 saturated carbocycles. The Morgan fingerprint density at radius 2 is 1.88 bits per heavy atom. The summed E-state index contributed by atoms with van der Waals surface area (Å²) < 4.78 is 64.4. The second-order valence-electron chi connectivity index (χ2n) is 5.52. The maximum absolute atomic E-state index is 13.7. The van der Waals surface area contributed by atoms with Crippen molar-refractivity contribution >= 4 is 11.6 Å². The highest BCUT2D eigenvalue weighted by Gasteiger charge is 2.30. The third-order valence-corrected chi connectivity index (χ3v) is 3.58. The molecular weight excluding hydrogens is 343 g/mol. The molecule has 0 bridgehead atoms. The van der Waals surface area contributed by atoms with E-state index in [1.165, 1.54) is 23.5 Å². The van der Waals surface area contributed by atoms with Gasteiger partial charge in [-0.2, -0.15) is 13.2 Å². The van der Waals surface area contributed by atoms with Gasteiger partial charge in [0.25, 0.3) is 5.91 Å². The molecule has 0 saturated heterocycles. The van der Waals surface area contributed by atoms with E-state index < -0.39 is 35.3 Å². The maximum Gasteiger partial charge on any atom is 0.416 e. The number of quaternary nitrogens is 1. The smallest absolute Gasteiger partial charge is 0.332 e. The Morgan fingerprint density at radius 1 is 1.16 bits per heavy atom. The highest BCUT2D eigenvalue weighted by Crippen LogP contribution is 2.30. The fraction of sp³-hybridized carbons (Fsp3) is 0.235. The van der Waals surface area contributed by atoms with Gasteiger partial charge in [-0.05, 0) is 37.3 Å². The summed E-state index contributed by atoms with van der Waals surface area (Å²) in [5.41, 5.74) is -0.613. The van der Waals surface area contributed by atoms with E-state index in [0.29, 0.717) is 0 Å². The van der Waals surface area contributed by atoms with Crippen LogP contribution >= 0.6 is 0 Å². The van der Waals surface area contributed by atoms with Crippen LogP contribution in [0.1, 0.15) is 24.1 Å². The van der Waals surface area contributed by atoms with Gasteiger partial charge >= 0.3 is 6.18 Å². The standard InChI is InChI=1S/C17H15F5N2O/c1-10(14-6-5-12(18)8-15(14)19)23-9-16(25)24-13-4-2-3-11(7-13)17(20,21)22/h2-8,10,23H,9H2,1H3,(H,24,25)/p+1/t10-/m0/s1. The fourth-order valence-corrected chi connectivity index (χ4v) is 2.27. The first-order valence-corrected chi connectivity index (χ1v) is 7.42. The zero-order chi connectivity index (χ0) is 18.6. The molecule has 0 fully saturated rings. The Morgan fingerprint density at radius 3 is 2.52 bits per heavy atom. The van der Waals surface area contributed by atoms with Crippen molar-refractivity contribution in [2.24, 2.45) is 0 Å². The fourth-order valence-electron chi connectivity index (χ4n) is 2.27. The molecule has 0 unspecified atom stereocenters. The minimum atomic E-state index is -4.50. The number of nitrogens with one attached hydrogen (secondary N) is 1. The molecule has 1 atom stereocenters. The molecule has 25 heavy (non-hydrogen) atoms. The van der Waals surface area contributed by atoms with E-state index in [4.69, 9.17) is 0 Å². The number of nitrogens with two attached hydrogens (primary N) is 1. The second-order valence-corrected chi connectivity index (χ2v) is 5.52. The lowest BCUT2D eigenvalue weighted by molar-refractivity contribution is -0.682. The molecule has 2 aromatic rings. The largest absolute Gasteiger partial charge is 0.416 e. The van der Waals surface area contributed by atoms with Crippen LogP contribution in [0.3, 0.4) is 0 Å². The van der Waals surface area contributed by atoms with Crippen LogP contribution in [0, 0.1) is 11.6 Å². The molecule has 0 aliphatic rings. The van der Waals surface area contributed by atoms with E-state index in [-0.39, 0.29) is 17.8 Å². The van der Waals surface area contributed by atoms with Crippen LogP contribution in [0.25, 0.3) is 0 Å². The molecule has 0 aromatic heterocycles. The Balaban J connectivity index is 1.94. The number of hydrogen-bond acceptors (Lipinski definition) is 1. The average Bonchev–Trinajstić information content (AvgIpc) is 2.52. The summed E-state index contributed by atoms with van der Waals surface area (Å²) in [6.45, 7) is 1.50. The minimum absolute atomic E-state index is 0.0221. The molecule has 3 N–H and O–H groups in total. The molecule has 0 aliphatic carbocycles. The molecule has 134 valence electrons. The zero-order valence-corrected chi connectivity index (χ0v) is 13.2. The highest BCUT2D eigenvalue weighted by molar-refractivity contribution is 5.91. The van der Waals surface area contributed by atoms with Gasteiger partial charge in [-0.25, -0.2) is 8.78 Å². The second kappa shape index (κ2) is 7.60. The minimum Gasteiger partial charge on any atom is -0.332 e. The number of halogens is 5. The van der Waals surface area contributed by atoms with Crippen molar-refractivity contribution in [1.82, 2.24) is 0 Å². The highest BCUT2D eigenvalue weighted by atomic mass is 19.4. The van der Waals surface area contributed by atoms with Crippen molar-refractivity contribution in [3.63, 3.8) is 0 Å². The molecule has 3 nitrogen and oxygen atoms in total. The van der Waals surface area contributed by atoms with Crippen molar-refractivity contribution in [3.8, 4) is 0 Å². The van der Waals surface area contributed by atoms with Crippen LogP contribution in [0.2, 0.25) is 0 Å². The maximum atomic E-state index is 13.7. The molecule has 1 amide bonds.